The van der Waals surface area contributed by atoms with Crippen LogP contribution in [-0.4, -0.2) is 42.3 Å². The van der Waals surface area contributed by atoms with E-state index in [4.69, 9.17) is 12.2 Å². The van der Waals surface area contributed by atoms with Gasteiger partial charge in [0.25, 0.3) is 5.91 Å². The molecule has 0 spiro atoms. The molecule has 0 fully saturated rings. The third-order valence-corrected chi connectivity index (χ3v) is 6.01. The van der Waals surface area contributed by atoms with E-state index >= 15 is 0 Å². The molecule has 0 saturated heterocycles. The number of rotatable bonds is 5. The van der Waals surface area contributed by atoms with Gasteiger partial charge in [-0.3, -0.25) is 9.36 Å². The average Bonchev–Trinajstić information content (AvgIpc) is 3.04. The maximum Gasteiger partial charge on any atom is 0.274 e. The number of para-hydroxylation sites is 1. The highest BCUT2D eigenvalue weighted by molar-refractivity contribution is 7.89. The first kappa shape index (κ1) is 19.0. The van der Waals surface area contributed by atoms with Crippen molar-refractivity contribution in [3.05, 3.63) is 71.3 Å². The number of carbonyl (C=O) groups excluding carboxylic acids is 1. The van der Waals surface area contributed by atoms with Crippen LogP contribution in [0.4, 0.5) is 5.69 Å². The molecule has 0 aliphatic carbocycles. The number of aromatic amines is 1. The molecule has 0 unspecified atom stereocenters. The molecule has 0 saturated carbocycles. The summed E-state index contributed by atoms with van der Waals surface area (Å²) in [5.41, 5.74) is 1.43. The third kappa shape index (κ3) is 3.85. The first-order valence-corrected chi connectivity index (χ1v) is 9.85. The number of aromatic nitrogens is 2. The number of carbonyl (C=O) groups is 1. The minimum Gasteiger partial charge on any atom is -0.336 e. The van der Waals surface area contributed by atoms with E-state index in [1.54, 1.807) is 16.7 Å². The molecule has 3 aromatic rings. The fourth-order valence-corrected chi connectivity index (χ4v) is 3.72. The monoisotopic (exact) mass is 402 g/mol. The van der Waals surface area contributed by atoms with Crippen molar-refractivity contribution in [2.75, 3.05) is 19.4 Å². The molecule has 2 N–H and O–H groups in total. The van der Waals surface area contributed by atoms with Crippen molar-refractivity contribution in [3.8, 4) is 5.69 Å². The Labute approximate surface area is 162 Å². The number of sulfonamides is 1. The van der Waals surface area contributed by atoms with Crippen LogP contribution < -0.4 is 5.32 Å². The summed E-state index contributed by atoms with van der Waals surface area (Å²) in [4.78, 5) is 15.7. The summed E-state index contributed by atoms with van der Waals surface area (Å²) in [6.07, 6.45) is 1.52. The van der Waals surface area contributed by atoms with E-state index in [0.29, 0.717) is 16.2 Å². The largest absolute Gasteiger partial charge is 0.336 e. The van der Waals surface area contributed by atoms with Crippen LogP contribution in [0.2, 0.25) is 0 Å². The molecule has 0 atom stereocenters. The lowest BCUT2D eigenvalue weighted by Gasteiger charge is -2.13. The van der Waals surface area contributed by atoms with Gasteiger partial charge >= 0.3 is 0 Å². The van der Waals surface area contributed by atoms with Gasteiger partial charge in [-0.25, -0.2) is 12.7 Å². The Kier molecular flexibility index (Phi) is 5.26. The predicted octanol–water partition coefficient (Wildman–Crippen LogP) is 3.04. The predicted molar refractivity (Wildman–Crippen MR) is 106 cm³/mol. The van der Waals surface area contributed by atoms with Crippen LogP contribution in [0.1, 0.15) is 10.5 Å². The first-order valence-electron chi connectivity index (χ1n) is 8.00. The highest BCUT2D eigenvalue weighted by Gasteiger charge is 2.19. The van der Waals surface area contributed by atoms with E-state index in [0.717, 1.165) is 9.99 Å². The second kappa shape index (κ2) is 7.47. The second-order valence-corrected chi connectivity index (χ2v) is 8.46. The minimum absolute atomic E-state index is 0.0965. The third-order valence-electron chi connectivity index (χ3n) is 3.89. The van der Waals surface area contributed by atoms with E-state index in [1.165, 1.54) is 32.4 Å². The maximum atomic E-state index is 12.8. The molecular weight excluding hydrogens is 384 g/mol. The number of H-pyrrole nitrogens is 1. The Morgan fingerprint density at radius 1 is 1.11 bits per heavy atom. The zero-order valence-corrected chi connectivity index (χ0v) is 16.3. The first-order chi connectivity index (χ1) is 12.8. The van der Waals surface area contributed by atoms with Crippen molar-refractivity contribution < 1.29 is 13.2 Å². The molecule has 140 valence electrons. The van der Waals surface area contributed by atoms with Gasteiger partial charge in [0.1, 0.15) is 5.69 Å². The van der Waals surface area contributed by atoms with Crippen molar-refractivity contribution in [3.63, 3.8) is 0 Å². The topological polar surface area (TPSA) is 87.2 Å². The van der Waals surface area contributed by atoms with Crippen molar-refractivity contribution in [1.82, 2.24) is 13.9 Å². The Morgan fingerprint density at radius 2 is 1.81 bits per heavy atom. The summed E-state index contributed by atoms with van der Waals surface area (Å²) in [6, 6.07) is 15.3. The van der Waals surface area contributed by atoms with Gasteiger partial charge in [-0.1, -0.05) is 24.3 Å². The van der Waals surface area contributed by atoms with Gasteiger partial charge in [-0.05, 0) is 42.5 Å². The van der Waals surface area contributed by atoms with Gasteiger partial charge in [0.2, 0.25) is 10.0 Å². The molecule has 7 nitrogen and oxygen atoms in total. The van der Waals surface area contributed by atoms with Crippen LogP contribution in [0.5, 0.6) is 0 Å². The van der Waals surface area contributed by atoms with Crippen LogP contribution in [0.15, 0.2) is 65.7 Å². The lowest BCUT2D eigenvalue weighted by molar-refractivity contribution is 0.102. The summed E-state index contributed by atoms with van der Waals surface area (Å²) in [5.74, 6) is -0.411. The number of hydrogen-bond acceptors (Lipinski definition) is 4. The lowest BCUT2D eigenvalue weighted by atomic mass is 10.3. The van der Waals surface area contributed by atoms with Crippen molar-refractivity contribution in [2.45, 2.75) is 4.90 Å². The maximum absolute atomic E-state index is 12.8. The molecule has 0 aliphatic rings. The molecule has 9 heteroatoms. The molecule has 0 bridgehead atoms. The van der Waals surface area contributed by atoms with Crippen molar-refractivity contribution in [2.24, 2.45) is 0 Å². The van der Waals surface area contributed by atoms with E-state index in [-0.39, 0.29) is 4.90 Å². The van der Waals surface area contributed by atoms with E-state index < -0.39 is 15.9 Å². The average molecular weight is 403 g/mol. The lowest BCUT2D eigenvalue weighted by Crippen LogP contribution is -2.22. The van der Waals surface area contributed by atoms with Gasteiger partial charge in [0, 0.05) is 31.7 Å². The molecule has 0 aliphatic heterocycles. The number of nitrogens with zero attached hydrogens (tertiary/aromatic N) is 2. The van der Waals surface area contributed by atoms with E-state index in [1.807, 2.05) is 30.3 Å². The molecular formula is C18H18N4O3S2. The fraction of sp³-hybridized carbons (Fsp3) is 0.111. The SMILES string of the molecule is CN(C)S(=O)(=O)c1cccc(NC(=O)c2c[nH]c(=S)n2-c2ccccc2)c1. The Balaban J connectivity index is 1.93. The summed E-state index contributed by atoms with van der Waals surface area (Å²) in [5, 5.41) is 2.72. The van der Waals surface area contributed by atoms with Crippen LogP contribution in [0, 0.1) is 4.77 Å². The van der Waals surface area contributed by atoms with E-state index in [2.05, 4.69) is 10.3 Å². The summed E-state index contributed by atoms with van der Waals surface area (Å²) in [7, 11) is -0.688. The summed E-state index contributed by atoms with van der Waals surface area (Å²) in [6.45, 7) is 0. The highest BCUT2D eigenvalue weighted by Crippen LogP contribution is 2.19. The molecule has 2 aromatic carbocycles. The van der Waals surface area contributed by atoms with Crippen LogP contribution in [-0.2, 0) is 10.0 Å². The van der Waals surface area contributed by atoms with Gasteiger partial charge < -0.3 is 10.3 Å². The van der Waals surface area contributed by atoms with Crippen LogP contribution >= 0.6 is 12.2 Å². The normalized spacial score (nSPS) is 11.5. The van der Waals surface area contributed by atoms with Crippen LogP contribution in [0.25, 0.3) is 5.69 Å². The quantitative estimate of drug-likeness (QED) is 0.642. The number of hydrogen-bond donors (Lipinski definition) is 2. The number of anilines is 1. The number of imidazole rings is 1. The molecule has 1 amide bonds. The molecule has 1 heterocycles. The van der Waals surface area contributed by atoms with Crippen LogP contribution in [0.3, 0.4) is 0 Å². The zero-order valence-electron chi connectivity index (χ0n) is 14.7. The molecule has 27 heavy (non-hydrogen) atoms. The molecule has 0 radical (unpaired) electrons. The zero-order chi connectivity index (χ0) is 19.6. The number of nitrogens with one attached hydrogen (secondary N) is 2. The molecule has 1 aromatic heterocycles. The minimum atomic E-state index is -3.59. The number of amides is 1. The van der Waals surface area contributed by atoms with Crippen molar-refractivity contribution >= 4 is 33.8 Å². The standard InChI is InChI=1S/C18H18N4O3S2/c1-21(2)27(24,25)15-10-6-7-13(11-15)20-17(23)16-12-19-18(26)22(16)14-8-4-3-5-9-14/h3-12H,1-2H3,(H,19,26)(H,20,23). The number of benzene rings is 2. The van der Waals surface area contributed by atoms with Gasteiger partial charge in [0.15, 0.2) is 4.77 Å². The van der Waals surface area contributed by atoms with Gasteiger partial charge in [-0.2, -0.15) is 0 Å². The summed E-state index contributed by atoms with van der Waals surface area (Å²) >= 11 is 5.28. The smallest absolute Gasteiger partial charge is 0.274 e. The highest BCUT2D eigenvalue weighted by atomic mass is 32.2. The summed E-state index contributed by atoms with van der Waals surface area (Å²) < 4.78 is 27.7. The Hall–Kier alpha value is -2.75. The Bertz CT molecular complexity index is 1130. The fourth-order valence-electron chi connectivity index (χ4n) is 2.51. The van der Waals surface area contributed by atoms with E-state index in [9.17, 15) is 13.2 Å². The second-order valence-electron chi connectivity index (χ2n) is 5.92. The van der Waals surface area contributed by atoms with Gasteiger partial charge in [0.05, 0.1) is 4.90 Å². The Morgan fingerprint density at radius 3 is 2.48 bits per heavy atom. The van der Waals surface area contributed by atoms with Crippen molar-refractivity contribution in [1.29, 1.82) is 0 Å². The molecule has 3 rings (SSSR count). The van der Waals surface area contributed by atoms with Gasteiger partial charge in [-0.15, -0.1) is 0 Å².